The number of carbonyl (C=O) groups excluding carboxylic acids is 2. The highest BCUT2D eigenvalue weighted by atomic mass is 19.1. The van der Waals surface area contributed by atoms with Gasteiger partial charge in [0, 0.05) is 55.4 Å². The van der Waals surface area contributed by atoms with E-state index in [0.717, 1.165) is 37.3 Å². The molecule has 3 N–H and O–H groups in total. The van der Waals surface area contributed by atoms with Crippen LogP contribution in [0.1, 0.15) is 39.3 Å². The lowest BCUT2D eigenvalue weighted by atomic mass is 10.0. The number of aromatic nitrogens is 1. The van der Waals surface area contributed by atoms with E-state index >= 15 is 0 Å². The molecule has 2 aliphatic rings. The van der Waals surface area contributed by atoms with Crippen LogP contribution in [0.25, 0.3) is 11.6 Å². The maximum atomic E-state index is 13.7. The second-order valence-corrected chi connectivity index (χ2v) is 8.12. The zero-order chi connectivity index (χ0) is 22.1. The standard InChI is InChI=1S/C23H27FN4O3/c1-13-20(11-18-17-10-15(24)4-5-19(17)27-22(18)29)25-14(2)21(13)23(30)26-16-6-7-28(12-16)8-9-31-3/h4-5,10-11,16,25H,6-9,12H2,1-3H3,(H,26,30)(H,27,29)/b18-11-. The minimum absolute atomic E-state index is 0.0929. The van der Waals surface area contributed by atoms with Gasteiger partial charge in [-0.05, 0) is 50.1 Å². The van der Waals surface area contributed by atoms with E-state index in [1.54, 1.807) is 19.3 Å². The average Bonchev–Trinajstić information content (AvgIpc) is 3.37. The van der Waals surface area contributed by atoms with Gasteiger partial charge in [-0.3, -0.25) is 14.5 Å². The first-order valence-electron chi connectivity index (χ1n) is 10.4. The molecule has 3 heterocycles. The lowest BCUT2D eigenvalue weighted by Gasteiger charge is -2.16. The first-order chi connectivity index (χ1) is 14.9. The van der Waals surface area contributed by atoms with Crippen LogP contribution in [0.3, 0.4) is 0 Å². The van der Waals surface area contributed by atoms with Crippen molar-refractivity contribution in [3.8, 4) is 0 Å². The molecule has 1 aromatic carbocycles. The minimum Gasteiger partial charge on any atom is -0.383 e. The molecule has 0 saturated carbocycles. The molecule has 1 fully saturated rings. The van der Waals surface area contributed by atoms with Crippen LogP contribution in [-0.4, -0.2) is 61.1 Å². The van der Waals surface area contributed by atoms with Gasteiger partial charge in [0.15, 0.2) is 0 Å². The Hall–Kier alpha value is -2.97. The van der Waals surface area contributed by atoms with Gasteiger partial charge in [-0.2, -0.15) is 0 Å². The van der Waals surface area contributed by atoms with Crippen molar-refractivity contribution in [3.63, 3.8) is 0 Å². The molecular formula is C23H27FN4O3. The van der Waals surface area contributed by atoms with Gasteiger partial charge in [-0.15, -0.1) is 0 Å². The molecule has 0 radical (unpaired) electrons. The van der Waals surface area contributed by atoms with Crippen LogP contribution >= 0.6 is 0 Å². The van der Waals surface area contributed by atoms with E-state index in [0.29, 0.717) is 34.7 Å². The van der Waals surface area contributed by atoms with Crippen molar-refractivity contribution in [2.75, 3.05) is 38.7 Å². The number of carbonyl (C=O) groups is 2. The molecule has 4 rings (SSSR count). The highest BCUT2D eigenvalue weighted by molar-refractivity contribution is 6.34. The summed E-state index contributed by atoms with van der Waals surface area (Å²) >= 11 is 0. The Morgan fingerprint density at radius 3 is 2.97 bits per heavy atom. The fraction of sp³-hybridized carbons (Fsp3) is 0.391. The summed E-state index contributed by atoms with van der Waals surface area (Å²) in [5, 5.41) is 5.88. The van der Waals surface area contributed by atoms with Gasteiger partial charge < -0.3 is 20.4 Å². The Kier molecular flexibility index (Phi) is 5.93. The first kappa shape index (κ1) is 21.3. The van der Waals surface area contributed by atoms with E-state index in [1.807, 2.05) is 13.8 Å². The molecule has 7 nitrogen and oxygen atoms in total. The number of H-pyrrole nitrogens is 1. The zero-order valence-corrected chi connectivity index (χ0v) is 18.0. The number of aromatic amines is 1. The molecule has 1 aromatic heterocycles. The second-order valence-electron chi connectivity index (χ2n) is 8.12. The third-order valence-electron chi connectivity index (χ3n) is 5.98. The van der Waals surface area contributed by atoms with Crippen molar-refractivity contribution < 1.29 is 18.7 Å². The molecule has 2 aromatic rings. The normalized spacial score (nSPS) is 19.7. The zero-order valence-electron chi connectivity index (χ0n) is 18.0. The molecule has 8 heteroatoms. The molecule has 0 aliphatic carbocycles. The van der Waals surface area contributed by atoms with E-state index < -0.39 is 5.82 Å². The molecule has 0 bridgehead atoms. The quantitative estimate of drug-likeness (QED) is 0.620. The number of hydrogen-bond acceptors (Lipinski definition) is 4. The fourth-order valence-corrected chi connectivity index (χ4v) is 4.34. The van der Waals surface area contributed by atoms with Crippen molar-refractivity contribution in [2.24, 2.45) is 0 Å². The van der Waals surface area contributed by atoms with Crippen LogP contribution in [0.4, 0.5) is 10.1 Å². The molecule has 1 atom stereocenters. The Balaban J connectivity index is 1.54. The van der Waals surface area contributed by atoms with Crippen LogP contribution in [0.15, 0.2) is 18.2 Å². The van der Waals surface area contributed by atoms with Crippen molar-refractivity contribution in [2.45, 2.75) is 26.3 Å². The molecular weight excluding hydrogens is 399 g/mol. The third kappa shape index (κ3) is 4.26. The topological polar surface area (TPSA) is 86.5 Å². The van der Waals surface area contributed by atoms with Crippen LogP contribution in [0.5, 0.6) is 0 Å². The van der Waals surface area contributed by atoms with E-state index in [-0.39, 0.29) is 17.9 Å². The van der Waals surface area contributed by atoms with Crippen LogP contribution in [0.2, 0.25) is 0 Å². The van der Waals surface area contributed by atoms with Gasteiger partial charge in [0.05, 0.1) is 17.7 Å². The SMILES string of the molecule is COCCN1CCC(NC(=O)c2c(C)[nH]c(/C=C3\C(=O)Nc4ccc(F)cc43)c2C)C1. The number of aryl methyl sites for hydroxylation is 1. The van der Waals surface area contributed by atoms with Gasteiger partial charge in [-0.25, -0.2) is 4.39 Å². The predicted molar refractivity (Wildman–Crippen MR) is 117 cm³/mol. The largest absolute Gasteiger partial charge is 0.383 e. The van der Waals surface area contributed by atoms with Crippen LogP contribution < -0.4 is 10.6 Å². The number of methoxy groups -OCH3 is 1. The Bertz CT molecular complexity index is 1060. The van der Waals surface area contributed by atoms with Crippen molar-refractivity contribution in [1.29, 1.82) is 0 Å². The molecule has 1 saturated heterocycles. The Morgan fingerprint density at radius 1 is 1.39 bits per heavy atom. The maximum Gasteiger partial charge on any atom is 0.256 e. The number of nitrogens with zero attached hydrogens (tertiary/aromatic N) is 1. The molecule has 2 aliphatic heterocycles. The number of fused-ring (bicyclic) bond motifs is 1. The third-order valence-corrected chi connectivity index (χ3v) is 5.98. The number of benzene rings is 1. The number of rotatable bonds is 6. The van der Waals surface area contributed by atoms with Crippen LogP contribution in [0, 0.1) is 19.7 Å². The van der Waals surface area contributed by atoms with Gasteiger partial charge >= 0.3 is 0 Å². The summed E-state index contributed by atoms with van der Waals surface area (Å²) in [4.78, 5) is 30.9. The minimum atomic E-state index is -0.406. The number of likely N-dealkylation sites (tertiary alicyclic amines) is 1. The van der Waals surface area contributed by atoms with Gasteiger partial charge in [0.1, 0.15) is 5.82 Å². The number of halogens is 1. The van der Waals surface area contributed by atoms with E-state index in [1.165, 1.54) is 12.1 Å². The van der Waals surface area contributed by atoms with Crippen molar-refractivity contribution >= 4 is 29.2 Å². The summed E-state index contributed by atoms with van der Waals surface area (Å²) in [5.74, 6) is -0.825. The van der Waals surface area contributed by atoms with E-state index in [2.05, 4.69) is 20.5 Å². The fourth-order valence-electron chi connectivity index (χ4n) is 4.34. The van der Waals surface area contributed by atoms with Gasteiger partial charge in [-0.1, -0.05) is 0 Å². The molecule has 31 heavy (non-hydrogen) atoms. The van der Waals surface area contributed by atoms with Crippen LogP contribution in [-0.2, 0) is 9.53 Å². The smallest absolute Gasteiger partial charge is 0.256 e. The van der Waals surface area contributed by atoms with Crippen molar-refractivity contribution in [1.82, 2.24) is 15.2 Å². The monoisotopic (exact) mass is 426 g/mol. The maximum absolute atomic E-state index is 13.7. The van der Waals surface area contributed by atoms with Crippen molar-refractivity contribution in [3.05, 3.63) is 52.1 Å². The second kappa shape index (κ2) is 8.64. The Morgan fingerprint density at radius 2 is 2.19 bits per heavy atom. The summed E-state index contributed by atoms with van der Waals surface area (Å²) < 4.78 is 18.8. The number of hydrogen-bond donors (Lipinski definition) is 3. The summed E-state index contributed by atoms with van der Waals surface area (Å²) in [6.45, 7) is 6.95. The summed E-state index contributed by atoms with van der Waals surface area (Å²) in [6, 6.07) is 4.30. The number of anilines is 1. The summed E-state index contributed by atoms with van der Waals surface area (Å²) in [7, 11) is 1.68. The molecule has 0 spiro atoms. The number of ether oxygens (including phenoxy) is 1. The highest BCUT2D eigenvalue weighted by Gasteiger charge is 2.28. The molecule has 164 valence electrons. The lowest BCUT2D eigenvalue weighted by molar-refractivity contribution is -0.110. The average molecular weight is 426 g/mol. The van der Waals surface area contributed by atoms with E-state index in [9.17, 15) is 14.0 Å². The van der Waals surface area contributed by atoms with Gasteiger partial charge in [0.2, 0.25) is 0 Å². The number of amides is 2. The van der Waals surface area contributed by atoms with E-state index in [4.69, 9.17) is 4.74 Å². The first-order valence-corrected chi connectivity index (χ1v) is 10.4. The Labute approximate surface area is 180 Å². The lowest BCUT2D eigenvalue weighted by Crippen LogP contribution is -2.38. The summed E-state index contributed by atoms with van der Waals surface area (Å²) in [6.07, 6.45) is 2.58. The summed E-state index contributed by atoms with van der Waals surface area (Å²) in [5.41, 5.74) is 4.21. The van der Waals surface area contributed by atoms with Gasteiger partial charge in [0.25, 0.3) is 11.8 Å². The predicted octanol–water partition coefficient (Wildman–Crippen LogP) is 2.71. The number of nitrogens with one attached hydrogen (secondary N) is 3. The molecule has 1 unspecified atom stereocenters. The molecule has 2 amide bonds. The highest BCUT2D eigenvalue weighted by Crippen LogP contribution is 2.34.